The van der Waals surface area contributed by atoms with Crippen molar-refractivity contribution in [3.8, 4) is 0 Å². The number of nitrogens with one attached hydrogen (secondary N) is 2. The summed E-state index contributed by atoms with van der Waals surface area (Å²) in [6.45, 7) is 6.03. The number of anilines is 1. The van der Waals surface area contributed by atoms with E-state index in [1.54, 1.807) is 23.1 Å². The third-order valence-electron chi connectivity index (χ3n) is 3.13. The first-order valence-corrected chi connectivity index (χ1v) is 7.17. The molecule has 6 heteroatoms. The molecule has 2 aromatic heterocycles. The second kappa shape index (κ2) is 7.42. The molecule has 0 saturated carbocycles. The van der Waals surface area contributed by atoms with E-state index in [2.05, 4.69) is 27.6 Å². The number of hydrogen-bond acceptors (Lipinski definition) is 4. The van der Waals surface area contributed by atoms with Crippen LogP contribution in [-0.4, -0.2) is 33.8 Å². The van der Waals surface area contributed by atoms with Crippen molar-refractivity contribution in [2.24, 2.45) is 0 Å². The first kappa shape index (κ1) is 15.0. The van der Waals surface area contributed by atoms with E-state index in [0.29, 0.717) is 18.8 Å². The molecule has 0 aromatic carbocycles. The molecular weight excluding hydrogens is 266 g/mol. The van der Waals surface area contributed by atoms with Crippen molar-refractivity contribution in [3.05, 3.63) is 42.0 Å². The standard InChI is InChI=1S/C15H21N5O/c1-3-10-20-14(5-7-19-20)15(21)18-9-8-17-13-4-6-16-11-12(13)2/h4-7,11H,3,8-10H2,1-2H3,(H,16,17)(H,18,21). The van der Waals surface area contributed by atoms with E-state index in [9.17, 15) is 4.79 Å². The minimum absolute atomic E-state index is 0.0887. The van der Waals surface area contributed by atoms with Gasteiger partial charge in [0.2, 0.25) is 0 Å². The maximum atomic E-state index is 12.1. The fourth-order valence-electron chi connectivity index (χ4n) is 2.05. The Morgan fingerprint density at radius 2 is 2.14 bits per heavy atom. The van der Waals surface area contributed by atoms with Crippen molar-refractivity contribution in [1.29, 1.82) is 0 Å². The number of carbonyl (C=O) groups excluding carboxylic acids is 1. The van der Waals surface area contributed by atoms with Crippen molar-refractivity contribution in [2.75, 3.05) is 18.4 Å². The van der Waals surface area contributed by atoms with Gasteiger partial charge >= 0.3 is 0 Å². The van der Waals surface area contributed by atoms with Gasteiger partial charge in [0, 0.05) is 43.9 Å². The van der Waals surface area contributed by atoms with Crippen LogP contribution in [0, 0.1) is 6.92 Å². The van der Waals surface area contributed by atoms with Crippen LogP contribution < -0.4 is 10.6 Å². The lowest BCUT2D eigenvalue weighted by Gasteiger charge is -2.10. The maximum absolute atomic E-state index is 12.1. The van der Waals surface area contributed by atoms with Gasteiger partial charge in [0.15, 0.2) is 0 Å². The molecule has 0 saturated heterocycles. The minimum Gasteiger partial charge on any atom is -0.383 e. The fourth-order valence-corrected chi connectivity index (χ4v) is 2.05. The number of hydrogen-bond donors (Lipinski definition) is 2. The second-order valence-corrected chi connectivity index (χ2v) is 4.81. The molecule has 2 N–H and O–H groups in total. The summed E-state index contributed by atoms with van der Waals surface area (Å²) in [5.41, 5.74) is 2.73. The summed E-state index contributed by atoms with van der Waals surface area (Å²) in [4.78, 5) is 16.1. The first-order valence-electron chi connectivity index (χ1n) is 7.17. The molecule has 0 atom stereocenters. The molecule has 21 heavy (non-hydrogen) atoms. The normalized spacial score (nSPS) is 10.4. The SMILES string of the molecule is CCCn1nccc1C(=O)NCCNc1ccncc1C. The largest absolute Gasteiger partial charge is 0.383 e. The van der Waals surface area contributed by atoms with Crippen molar-refractivity contribution in [1.82, 2.24) is 20.1 Å². The van der Waals surface area contributed by atoms with Gasteiger partial charge in [0.1, 0.15) is 5.69 Å². The maximum Gasteiger partial charge on any atom is 0.269 e. The Bertz CT molecular complexity index is 593. The average molecular weight is 287 g/mol. The number of rotatable bonds is 7. The van der Waals surface area contributed by atoms with Crippen LogP contribution in [-0.2, 0) is 6.54 Å². The highest BCUT2D eigenvalue weighted by atomic mass is 16.2. The van der Waals surface area contributed by atoms with Crippen molar-refractivity contribution in [3.63, 3.8) is 0 Å². The van der Waals surface area contributed by atoms with Gasteiger partial charge in [-0.1, -0.05) is 6.92 Å². The van der Waals surface area contributed by atoms with Gasteiger partial charge in [-0.15, -0.1) is 0 Å². The molecule has 0 fully saturated rings. The number of aromatic nitrogens is 3. The summed E-state index contributed by atoms with van der Waals surface area (Å²) >= 11 is 0. The van der Waals surface area contributed by atoms with E-state index >= 15 is 0 Å². The highest BCUT2D eigenvalue weighted by Crippen LogP contribution is 2.10. The van der Waals surface area contributed by atoms with Gasteiger partial charge in [0.25, 0.3) is 5.91 Å². The summed E-state index contributed by atoms with van der Waals surface area (Å²) in [6.07, 6.45) is 6.16. The molecule has 0 radical (unpaired) electrons. The predicted octanol–water partition coefficient (Wildman–Crippen LogP) is 1.84. The molecule has 0 aliphatic rings. The summed E-state index contributed by atoms with van der Waals surface area (Å²) in [6, 6.07) is 3.67. The third kappa shape index (κ3) is 4.05. The van der Waals surface area contributed by atoms with Gasteiger partial charge in [-0.05, 0) is 31.0 Å². The molecular formula is C15H21N5O. The van der Waals surface area contributed by atoms with E-state index in [4.69, 9.17) is 0 Å². The molecule has 0 bridgehead atoms. The Balaban J connectivity index is 1.79. The van der Waals surface area contributed by atoms with E-state index < -0.39 is 0 Å². The molecule has 0 spiro atoms. The van der Waals surface area contributed by atoms with E-state index in [1.807, 2.05) is 19.2 Å². The molecule has 6 nitrogen and oxygen atoms in total. The number of nitrogens with zero attached hydrogens (tertiary/aromatic N) is 3. The molecule has 1 amide bonds. The van der Waals surface area contributed by atoms with Crippen LogP contribution in [0.2, 0.25) is 0 Å². The number of pyridine rings is 1. The van der Waals surface area contributed by atoms with Gasteiger partial charge in [-0.3, -0.25) is 14.5 Å². The zero-order chi connectivity index (χ0) is 15.1. The molecule has 0 unspecified atom stereocenters. The average Bonchev–Trinajstić information content (AvgIpc) is 2.94. The van der Waals surface area contributed by atoms with Crippen molar-refractivity contribution in [2.45, 2.75) is 26.8 Å². The second-order valence-electron chi connectivity index (χ2n) is 4.81. The van der Waals surface area contributed by atoms with E-state index in [1.165, 1.54) is 0 Å². The van der Waals surface area contributed by atoms with Crippen molar-refractivity contribution >= 4 is 11.6 Å². The highest BCUT2D eigenvalue weighted by Gasteiger charge is 2.10. The summed E-state index contributed by atoms with van der Waals surface area (Å²) < 4.78 is 1.73. The van der Waals surface area contributed by atoms with Crippen molar-refractivity contribution < 1.29 is 4.79 Å². The Morgan fingerprint density at radius 1 is 1.29 bits per heavy atom. The Hall–Kier alpha value is -2.37. The Labute approximate surface area is 124 Å². The third-order valence-corrected chi connectivity index (χ3v) is 3.13. The summed E-state index contributed by atoms with van der Waals surface area (Å²) in [5, 5.41) is 10.3. The first-order chi connectivity index (χ1) is 10.2. The smallest absolute Gasteiger partial charge is 0.269 e. The lowest BCUT2D eigenvalue weighted by atomic mass is 10.2. The monoisotopic (exact) mass is 287 g/mol. The fraction of sp³-hybridized carbons (Fsp3) is 0.400. The number of aryl methyl sites for hydroxylation is 2. The van der Waals surface area contributed by atoms with E-state index in [-0.39, 0.29) is 5.91 Å². The Morgan fingerprint density at radius 3 is 2.90 bits per heavy atom. The predicted molar refractivity (Wildman–Crippen MR) is 82.3 cm³/mol. The quantitative estimate of drug-likeness (QED) is 0.762. The minimum atomic E-state index is -0.0887. The van der Waals surface area contributed by atoms with Gasteiger partial charge in [-0.2, -0.15) is 5.10 Å². The molecule has 0 aliphatic heterocycles. The van der Waals surface area contributed by atoms with Gasteiger partial charge < -0.3 is 10.6 Å². The Kier molecular flexibility index (Phi) is 5.31. The van der Waals surface area contributed by atoms with Crippen LogP contribution in [0.1, 0.15) is 29.4 Å². The van der Waals surface area contributed by atoms with Crippen LogP contribution in [0.15, 0.2) is 30.7 Å². The van der Waals surface area contributed by atoms with E-state index in [0.717, 1.165) is 24.2 Å². The van der Waals surface area contributed by atoms with Gasteiger partial charge in [0.05, 0.1) is 0 Å². The summed E-state index contributed by atoms with van der Waals surface area (Å²) in [5.74, 6) is -0.0887. The number of amides is 1. The lowest BCUT2D eigenvalue weighted by Crippen LogP contribution is -2.30. The van der Waals surface area contributed by atoms with Crippen LogP contribution in [0.25, 0.3) is 0 Å². The van der Waals surface area contributed by atoms with Gasteiger partial charge in [-0.25, -0.2) is 0 Å². The zero-order valence-electron chi connectivity index (χ0n) is 12.5. The molecule has 0 aliphatic carbocycles. The molecule has 2 rings (SSSR count). The highest BCUT2D eigenvalue weighted by molar-refractivity contribution is 5.92. The van der Waals surface area contributed by atoms with Crippen LogP contribution >= 0.6 is 0 Å². The lowest BCUT2D eigenvalue weighted by molar-refractivity contribution is 0.0944. The number of carbonyl (C=O) groups is 1. The van der Waals surface area contributed by atoms with Crippen LogP contribution in [0.3, 0.4) is 0 Å². The zero-order valence-corrected chi connectivity index (χ0v) is 12.5. The molecule has 112 valence electrons. The van der Waals surface area contributed by atoms with Crippen LogP contribution in [0.5, 0.6) is 0 Å². The summed E-state index contributed by atoms with van der Waals surface area (Å²) in [7, 11) is 0. The topological polar surface area (TPSA) is 71.8 Å². The molecule has 2 heterocycles. The molecule has 2 aromatic rings. The van der Waals surface area contributed by atoms with Crippen LogP contribution in [0.4, 0.5) is 5.69 Å².